The van der Waals surface area contributed by atoms with Crippen LogP contribution in [0, 0.1) is 0 Å². The molecule has 0 heterocycles. The van der Waals surface area contributed by atoms with Crippen molar-refractivity contribution in [2.75, 3.05) is 47.5 Å². The molecule has 0 spiro atoms. The van der Waals surface area contributed by atoms with Crippen LogP contribution in [0.3, 0.4) is 0 Å². The van der Waals surface area contributed by atoms with E-state index in [0.717, 1.165) is 77.0 Å². The first-order valence-corrected chi connectivity index (χ1v) is 39.0. The second-order valence-corrected chi connectivity index (χ2v) is 28.1. The zero-order chi connectivity index (χ0) is 63.4. The summed E-state index contributed by atoms with van der Waals surface area (Å²) in [7, 11) is 1.48. The maximum absolute atomic E-state index is 12.9. The molecule has 0 aliphatic carbocycles. The van der Waals surface area contributed by atoms with Gasteiger partial charge >= 0.3 is 19.8 Å². The molecule has 0 bridgehead atoms. The second-order valence-electron chi connectivity index (χ2n) is 26.7. The lowest BCUT2D eigenvalue weighted by atomic mass is 10.0. The lowest BCUT2D eigenvalue weighted by molar-refractivity contribution is -0.870. The second kappa shape index (κ2) is 68.1. The third-order valence-corrected chi connectivity index (χ3v) is 17.8. The summed E-state index contributed by atoms with van der Waals surface area (Å²) in [4.78, 5) is 35.9. The van der Waals surface area contributed by atoms with Crippen LogP contribution in [-0.2, 0) is 32.7 Å². The van der Waals surface area contributed by atoms with Gasteiger partial charge in [0, 0.05) is 12.8 Å². The number of esters is 2. The average Bonchev–Trinajstić information content (AvgIpc) is 3.49. The van der Waals surface area contributed by atoms with Crippen molar-refractivity contribution >= 4 is 19.8 Å². The van der Waals surface area contributed by atoms with Gasteiger partial charge in [0.2, 0.25) is 0 Å². The minimum absolute atomic E-state index is 0.0301. The molecule has 0 aromatic heterocycles. The van der Waals surface area contributed by atoms with E-state index in [1.807, 2.05) is 21.1 Å². The lowest BCUT2D eigenvalue weighted by Gasteiger charge is -2.24. The van der Waals surface area contributed by atoms with Crippen molar-refractivity contribution in [2.45, 2.75) is 373 Å². The van der Waals surface area contributed by atoms with Crippen molar-refractivity contribution < 1.29 is 42.1 Å². The van der Waals surface area contributed by atoms with Crippen molar-refractivity contribution in [1.29, 1.82) is 0 Å². The van der Waals surface area contributed by atoms with E-state index >= 15 is 0 Å². The molecule has 0 aromatic carbocycles. The van der Waals surface area contributed by atoms with Crippen molar-refractivity contribution in [3.05, 3.63) is 60.8 Å². The fourth-order valence-corrected chi connectivity index (χ4v) is 11.8. The summed E-state index contributed by atoms with van der Waals surface area (Å²) in [6.07, 6.45) is 90.8. The lowest BCUT2D eigenvalue weighted by Crippen LogP contribution is -2.37. The number of nitrogens with zero attached hydrogens (tertiary/aromatic N) is 1. The van der Waals surface area contributed by atoms with Gasteiger partial charge in [-0.05, 0) is 57.8 Å². The summed E-state index contributed by atoms with van der Waals surface area (Å²) in [6.45, 7) is 4.37. The summed E-state index contributed by atoms with van der Waals surface area (Å²) in [5.41, 5.74) is 0. The van der Waals surface area contributed by atoms with Crippen LogP contribution in [0.4, 0.5) is 0 Å². The first kappa shape index (κ1) is 84.7. The van der Waals surface area contributed by atoms with Gasteiger partial charge in [-0.3, -0.25) is 18.6 Å². The molecule has 2 atom stereocenters. The number of hydrogen-bond acceptors (Lipinski definition) is 7. The first-order chi connectivity index (χ1) is 42.5. The number of allylic oxidation sites excluding steroid dienone is 10. The van der Waals surface area contributed by atoms with Gasteiger partial charge in [-0.1, -0.05) is 357 Å². The number of carbonyl (C=O) groups excluding carboxylic acids is 2. The Bertz CT molecular complexity index is 1650. The van der Waals surface area contributed by atoms with Crippen molar-refractivity contribution in [3.8, 4) is 0 Å². The summed E-state index contributed by atoms with van der Waals surface area (Å²) >= 11 is 0. The van der Waals surface area contributed by atoms with Gasteiger partial charge in [0.05, 0.1) is 27.7 Å². The number of unbranched alkanes of at least 4 members (excludes halogenated alkanes) is 46. The van der Waals surface area contributed by atoms with Gasteiger partial charge in [0.25, 0.3) is 0 Å². The van der Waals surface area contributed by atoms with E-state index in [2.05, 4.69) is 74.6 Å². The topological polar surface area (TPSA) is 108 Å². The van der Waals surface area contributed by atoms with Crippen LogP contribution in [0.1, 0.15) is 367 Å². The molecule has 0 amide bonds. The van der Waals surface area contributed by atoms with E-state index in [1.54, 1.807) is 0 Å². The molecule has 0 radical (unpaired) electrons. The molecule has 87 heavy (non-hydrogen) atoms. The van der Waals surface area contributed by atoms with Crippen LogP contribution in [0.25, 0.3) is 0 Å². The normalized spacial score (nSPS) is 13.4. The third-order valence-electron chi connectivity index (χ3n) is 16.8. The van der Waals surface area contributed by atoms with Gasteiger partial charge in [-0.15, -0.1) is 0 Å². The van der Waals surface area contributed by atoms with Crippen LogP contribution in [0.5, 0.6) is 0 Å². The molecule has 0 aliphatic heterocycles. The monoisotopic (exact) mass is 1240 g/mol. The summed E-state index contributed by atoms with van der Waals surface area (Å²) in [6, 6.07) is 0. The van der Waals surface area contributed by atoms with Gasteiger partial charge in [0.15, 0.2) is 6.10 Å². The van der Waals surface area contributed by atoms with Crippen molar-refractivity contribution in [3.63, 3.8) is 0 Å². The quantitative estimate of drug-likeness (QED) is 0.0211. The minimum atomic E-state index is -4.40. The average molecular weight is 1240 g/mol. The minimum Gasteiger partial charge on any atom is -0.462 e. The molecule has 9 nitrogen and oxygen atoms in total. The van der Waals surface area contributed by atoms with Crippen molar-refractivity contribution in [1.82, 2.24) is 0 Å². The van der Waals surface area contributed by atoms with Crippen LogP contribution < -0.4 is 0 Å². The number of phosphoric ester groups is 1. The number of hydrogen-bond donors (Lipinski definition) is 1. The first-order valence-electron chi connectivity index (χ1n) is 37.5. The van der Waals surface area contributed by atoms with E-state index in [0.29, 0.717) is 23.9 Å². The molecule has 10 heteroatoms. The molecule has 510 valence electrons. The Morgan fingerprint density at radius 2 is 0.655 bits per heavy atom. The highest BCUT2D eigenvalue weighted by Crippen LogP contribution is 2.43. The molecule has 0 fully saturated rings. The van der Waals surface area contributed by atoms with Crippen LogP contribution in [0.15, 0.2) is 60.8 Å². The molecular weight excluding hydrogens is 1100 g/mol. The fourth-order valence-electron chi connectivity index (χ4n) is 11.1. The third kappa shape index (κ3) is 72.6. The number of carbonyl (C=O) groups is 2. The maximum Gasteiger partial charge on any atom is 0.472 e. The molecule has 0 saturated carbocycles. The van der Waals surface area contributed by atoms with E-state index in [-0.39, 0.29) is 25.6 Å². The van der Waals surface area contributed by atoms with E-state index in [1.165, 1.54) is 257 Å². The molecule has 0 saturated heterocycles. The Balaban J connectivity index is 3.93. The molecule has 0 rings (SSSR count). The van der Waals surface area contributed by atoms with Crippen LogP contribution in [-0.4, -0.2) is 74.9 Å². The van der Waals surface area contributed by atoms with Gasteiger partial charge in [-0.2, -0.15) is 0 Å². The van der Waals surface area contributed by atoms with Crippen molar-refractivity contribution in [2.24, 2.45) is 0 Å². The summed E-state index contributed by atoms with van der Waals surface area (Å²) < 4.78 is 34.7. The standard InChI is InChI=1S/C77H144NO8P/c1-6-8-10-12-14-16-18-20-22-24-26-28-30-32-33-34-35-36-37-38-39-40-41-42-43-44-46-47-49-51-53-55-57-59-61-63-65-67-69-76(79)83-73-75(74-85-87(81,82)84-72-71-78(3,4)5)86-77(80)70-68-66-64-62-60-58-56-54-52-50-48-45-31-29-27-25-23-21-19-17-15-13-11-9-7-2/h9,11,15,17,21,23,27,29,45,48,75H,6-8,10,12-14,16,18-20,22,24-26,28,30-44,46-47,49-74H2,1-5H3/p+1/b11-9-,17-15-,23-21-,29-27-,48-45-. The Morgan fingerprint density at radius 1 is 0.368 bits per heavy atom. The number of rotatable bonds is 70. The predicted molar refractivity (Wildman–Crippen MR) is 376 cm³/mol. The molecule has 1 N–H and O–H groups in total. The Hall–Kier alpha value is -2.29. The molecular formula is C77H145NO8P+. The molecule has 2 unspecified atom stereocenters. The number of quaternary nitrogens is 1. The van der Waals surface area contributed by atoms with E-state index < -0.39 is 26.5 Å². The Labute approximate surface area is 540 Å². The van der Waals surface area contributed by atoms with Gasteiger partial charge in [0.1, 0.15) is 19.8 Å². The van der Waals surface area contributed by atoms with E-state index in [9.17, 15) is 19.0 Å². The zero-order valence-corrected chi connectivity index (χ0v) is 59.2. The number of likely N-dealkylation sites (N-methyl/N-ethyl adjacent to an activating group) is 1. The fraction of sp³-hybridized carbons (Fsp3) is 0.844. The largest absolute Gasteiger partial charge is 0.472 e. The molecule has 0 aliphatic rings. The Morgan fingerprint density at radius 3 is 0.977 bits per heavy atom. The maximum atomic E-state index is 12.9. The Kier molecular flexibility index (Phi) is 66.3. The zero-order valence-electron chi connectivity index (χ0n) is 58.3. The highest BCUT2D eigenvalue weighted by atomic mass is 31.2. The smallest absolute Gasteiger partial charge is 0.462 e. The highest BCUT2D eigenvalue weighted by Gasteiger charge is 2.27. The van der Waals surface area contributed by atoms with Crippen LogP contribution >= 0.6 is 7.82 Å². The molecule has 0 aromatic rings. The summed E-state index contributed by atoms with van der Waals surface area (Å²) in [5, 5.41) is 0. The van der Waals surface area contributed by atoms with E-state index in [4.69, 9.17) is 18.5 Å². The number of phosphoric acid groups is 1. The van der Waals surface area contributed by atoms with Crippen LogP contribution in [0.2, 0.25) is 0 Å². The van der Waals surface area contributed by atoms with Gasteiger partial charge in [-0.25, -0.2) is 4.57 Å². The van der Waals surface area contributed by atoms with Gasteiger partial charge < -0.3 is 18.9 Å². The highest BCUT2D eigenvalue weighted by molar-refractivity contribution is 7.47. The SMILES string of the molecule is CC/C=C\C/C=C\C/C=C\C/C=C\C/C=C\CCCCCCCCCCCC(=O)OC(COC(=O)CCCCCCCCCCCCCCCCCCCCCCCCCCCCCCCCCCCCCCCC)COP(=O)(O)OCC[N+](C)(C)C. The number of ether oxygens (including phenoxy) is 2. The summed E-state index contributed by atoms with van der Waals surface area (Å²) in [5.74, 6) is -0.790. The predicted octanol–water partition coefficient (Wildman–Crippen LogP) is 24.6.